The summed E-state index contributed by atoms with van der Waals surface area (Å²) in [5.74, 6) is 0. The van der Waals surface area contributed by atoms with Gasteiger partial charge in [-0.2, -0.15) is 12.6 Å². The van der Waals surface area contributed by atoms with Gasteiger partial charge in [-0.15, -0.1) is 0 Å². The van der Waals surface area contributed by atoms with Gasteiger partial charge >= 0.3 is 0 Å². The van der Waals surface area contributed by atoms with Gasteiger partial charge < -0.3 is 4.90 Å². The second-order valence-corrected chi connectivity index (χ2v) is 3.49. The molecular weight excluding hydrogens is 130 g/mol. The van der Waals surface area contributed by atoms with E-state index in [2.05, 4.69) is 38.4 Å². The molecule has 0 spiro atoms. The smallest absolute Gasteiger partial charge is 0.0116 e. The molecule has 0 N–H and O–H groups in total. The number of hydrogen-bond acceptors (Lipinski definition) is 2. The highest BCUT2D eigenvalue weighted by molar-refractivity contribution is 7.80. The Morgan fingerprint density at radius 1 is 1.56 bits per heavy atom. The van der Waals surface area contributed by atoms with Crippen molar-refractivity contribution in [3.05, 3.63) is 0 Å². The van der Waals surface area contributed by atoms with Crippen LogP contribution in [-0.2, 0) is 0 Å². The van der Waals surface area contributed by atoms with Crippen LogP contribution in [0.3, 0.4) is 0 Å². The minimum absolute atomic E-state index is 0.501. The SMILES string of the molecule is CCCN(C)C[C@H](C)S. The molecule has 0 aliphatic heterocycles. The van der Waals surface area contributed by atoms with E-state index in [4.69, 9.17) is 0 Å². The van der Waals surface area contributed by atoms with E-state index in [1.54, 1.807) is 0 Å². The Hall–Kier alpha value is 0.310. The van der Waals surface area contributed by atoms with Gasteiger partial charge in [-0.05, 0) is 20.0 Å². The second kappa shape index (κ2) is 5.12. The Kier molecular flexibility index (Phi) is 5.30. The molecule has 0 rings (SSSR count). The summed E-state index contributed by atoms with van der Waals surface area (Å²) in [6.45, 7) is 6.59. The summed E-state index contributed by atoms with van der Waals surface area (Å²) in [4.78, 5) is 2.30. The lowest BCUT2D eigenvalue weighted by atomic mass is 10.4. The van der Waals surface area contributed by atoms with Crippen LogP contribution in [0, 0.1) is 0 Å². The molecule has 0 amide bonds. The zero-order valence-corrected chi connectivity index (χ0v) is 7.49. The van der Waals surface area contributed by atoms with Crippen molar-refractivity contribution in [2.75, 3.05) is 20.1 Å². The van der Waals surface area contributed by atoms with Gasteiger partial charge in [0, 0.05) is 11.8 Å². The third kappa shape index (κ3) is 6.19. The van der Waals surface area contributed by atoms with E-state index in [1.165, 1.54) is 13.0 Å². The third-order valence-corrected chi connectivity index (χ3v) is 1.34. The van der Waals surface area contributed by atoms with Crippen LogP contribution in [-0.4, -0.2) is 30.3 Å². The van der Waals surface area contributed by atoms with Gasteiger partial charge in [-0.3, -0.25) is 0 Å². The van der Waals surface area contributed by atoms with E-state index in [9.17, 15) is 0 Å². The van der Waals surface area contributed by atoms with Gasteiger partial charge in [-0.25, -0.2) is 0 Å². The Bertz CT molecular complexity index is 63.9. The lowest BCUT2D eigenvalue weighted by Crippen LogP contribution is -2.25. The molecule has 56 valence electrons. The van der Waals surface area contributed by atoms with Crippen LogP contribution < -0.4 is 0 Å². The maximum absolute atomic E-state index is 4.29. The summed E-state index contributed by atoms with van der Waals surface area (Å²) in [6, 6.07) is 0. The first-order valence-corrected chi connectivity index (χ1v) is 4.05. The predicted octanol–water partition coefficient (Wildman–Crippen LogP) is 1.65. The van der Waals surface area contributed by atoms with Crippen LogP contribution in [0.2, 0.25) is 0 Å². The fourth-order valence-electron chi connectivity index (χ4n) is 0.924. The van der Waals surface area contributed by atoms with E-state index in [1.807, 2.05) is 0 Å². The summed E-state index contributed by atoms with van der Waals surface area (Å²) >= 11 is 4.29. The Labute approximate surface area is 63.8 Å². The van der Waals surface area contributed by atoms with Crippen molar-refractivity contribution in [1.82, 2.24) is 4.90 Å². The van der Waals surface area contributed by atoms with Gasteiger partial charge in [0.2, 0.25) is 0 Å². The third-order valence-electron chi connectivity index (χ3n) is 1.18. The van der Waals surface area contributed by atoms with Crippen LogP contribution in [0.15, 0.2) is 0 Å². The number of rotatable bonds is 4. The molecule has 0 saturated heterocycles. The lowest BCUT2D eigenvalue weighted by molar-refractivity contribution is 0.340. The Morgan fingerprint density at radius 2 is 2.11 bits per heavy atom. The van der Waals surface area contributed by atoms with E-state index in [-0.39, 0.29) is 0 Å². The van der Waals surface area contributed by atoms with Gasteiger partial charge in [0.1, 0.15) is 0 Å². The van der Waals surface area contributed by atoms with Crippen molar-refractivity contribution in [2.24, 2.45) is 0 Å². The van der Waals surface area contributed by atoms with Gasteiger partial charge in [-0.1, -0.05) is 13.8 Å². The Balaban J connectivity index is 3.15. The summed E-state index contributed by atoms with van der Waals surface area (Å²) in [7, 11) is 2.14. The van der Waals surface area contributed by atoms with Crippen molar-refractivity contribution in [1.29, 1.82) is 0 Å². The molecule has 0 aliphatic rings. The van der Waals surface area contributed by atoms with E-state index >= 15 is 0 Å². The van der Waals surface area contributed by atoms with E-state index < -0.39 is 0 Å². The highest BCUT2D eigenvalue weighted by Gasteiger charge is 1.98. The molecule has 0 aromatic rings. The van der Waals surface area contributed by atoms with Crippen LogP contribution in [0.5, 0.6) is 0 Å². The summed E-state index contributed by atoms with van der Waals surface area (Å²) in [5, 5.41) is 0.501. The minimum Gasteiger partial charge on any atom is -0.305 e. The Morgan fingerprint density at radius 3 is 2.44 bits per heavy atom. The quantitative estimate of drug-likeness (QED) is 0.592. The van der Waals surface area contributed by atoms with Gasteiger partial charge in [0.05, 0.1) is 0 Å². The normalized spacial score (nSPS) is 14.3. The largest absolute Gasteiger partial charge is 0.305 e. The van der Waals surface area contributed by atoms with Crippen molar-refractivity contribution in [3.63, 3.8) is 0 Å². The average molecular weight is 147 g/mol. The van der Waals surface area contributed by atoms with Crippen LogP contribution in [0.4, 0.5) is 0 Å². The molecule has 0 heterocycles. The molecule has 0 aromatic heterocycles. The molecule has 1 atom stereocenters. The summed E-state index contributed by atoms with van der Waals surface area (Å²) in [6.07, 6.45) is 1.23. The van der Waals surface area contributed by atoms with E-state index in [0.717, 1.165) is 6.54 Å². The maximum atomic E-state index is 4.29. The predicted molar refractivity (Wildman–Crippen MR) is 46.2 cm³/mol. The molecular formula is C7H17NS. The molecule has 0 fully saturated rings. The first kappa shape index (κ1) is 9.31. The standard InChI is InChI=1S/C7H17NS/c1-4-5-8(3)6-7(2)9/h7,9H,4-6H2,1-3H3/t7-/m0/s1. The fourth-order valence-corrected chi connectivity index (χ4v) is 1.20. The molecule has 0 bridgehead atoms. The molecule has 0 saturated carbocycles. The highest BCUT2D eigenvalue weighted by Crippen LogP contribution is 1.95. The number of hydrogen-bond donors (Lipinski definition) is 1. The number of nitrogens with zero attached hydrogens (tertiary/aromatic N) is 1. The molecule has 0 aromatic carbocycles. The molecule has 0 unspecified atom stereocenters. The van der Waals surface area contributed by atoms with Crippen LogP contribution in [0.1, 0.15) is 20.3 Å². The monoisotopic (exact) mass is 147 g/mol. The topological polar surface area (TPSA) is 3.24 Å². The molecule has 2 heteroatoms. The van der Waals surface area contributed by atoms with Crippen LogP contribution in [0.25, 0.3) is 0 Å². The first-order chi connectivity index (χ1) is 4.16. The second-order valence-electron chi connectivity index (χ2n) is 2.61. The highest BCUT2D eigenvalue weighted by atomic mass is 32.1. The van der Waals surface area contributed by atoms with Crippen molar-refractivity contribution >= 4 is 12.6 Å². The van der Waals surface area contributed by atoms with Gasteiger partial charge in [0.15, 0.2) is 0 Å². The van der Waals surface area contributed by atoms with Crippen LogP contribution >= 0.6 is 12.6 Å². The van der Waals surface area contributed by atoms with Crippen molar-refractivity contribution in [2.45, 2.75) is 25.5 Å². The zero-order valence-electron chi connectivity index (χ0n) is 6.59. The number of thiol groups is 1. The zero-order chi connectivity index (χ0) is 7.28. The molecule has 0 aliphatic carbocycles. The molecule has 0 radical (unpaired) electrons. The molecule has 1 nitrogen and oxygen atoms in total. The lowest BCUT2D eigenvalue weighted by Gasteiger charge is -2.16. The minimum atomic E-state index is 0.501. The van der Waals surface area contributed by atoms with Crippen molar-refractivity contribution < 1.29 is 0 Å². The van der Waals surface area contributed by atoms with Crippen molar-refractivity contribution in [3.8, 4) is 0 Å². The summed E-state index contributed by atoms with van der Waals surface area (Å²) < 4.78 is 0. The fraction of sp³-hybridized carbons (Fsp3) is 1.00. The van der Waals surface area contributed by atoms with E-state index in [0.29, 0.717) is 5.25 Å². The molecule has 9 heavy (non-hydrogen) atoms. The van der Waals surface area contributed by atoms with Gasteiger partial charge in [0.25, 0.3) is 0 Å². The maximum Gasteiger partial charge on any atom is 0.0116 e. The average Bonchev–Trinajstić information content (AvgIpc) is 1.63. The first-order valence-electron chi connectivity index (χ1n) is 3.53. The summed E-state index contributed by atoms with van der Waals surface area (Å²) in [5.41, 5.74) is 0.